The smallest absolute Gasteiger partial charge is 0.196 e. The second-order valence-corrected chi connectivity index (χ2v) is 4.03. The van der Waals surface area contributed by atoms with Crippen molar-refractivity contribution in [1.82, 2.24) is 15.2 Å². The lowest BCUT2D eigenvalue weighted by molar-refractivity contribution is 0.104. The molecule has 0 bridgehead atoms. The maximum absolute atomic E-state index is 12.3. The number of aromatic nitrogens is 3. The average molecular weight is 221 g/mol. The van der Waals surface area contributed by atoms with Gasteiger partial charge in [-0.15, -0.1) is 0 Å². The molecule has 2 heterocycles. The van der Waals surface area contributed by atoms with E-state index in [2.05, 4.69) is 15.2 Å². The van der Waals surface area contributed by atoms with Crippen molar-refractivity contribution in [2.75, 3.05) is 0 Å². The van der Waals surface area contributed by atoms with E-state index in [0.717, 1.165) is 16.6 Å². The highest BCUT2D eigenvalue weighted by Crippen LogP contribution is 2.35. The molecular weight excluding hydrogens is 214 g/mol. The van der Waals surface area contributed by atoms with Crippen LogP contribution in [-0.4, -0.2) is 21.0 Å². The number of ketones is 1. The molecule has 1 aliphatic rings. The van der Waals surface area contributed by atoms with Gasteiger partial charge in [-0.3, -0.25) is 14.9 Å². The van der Waals surface area contributed by atoms with Crippen molar-refractivity contribution in [3.8, 4) is 11.4 Å². The van der Waals surface area contributed by atoms with Gasteiger partial charge in [0.05, 0.1) is 11.1 Å². The van der Waals surface area contributed by atoms with E-state index in [-0.39, 0.29) is 5.78 Å². The number of nitrogens with one attached hydrogen (secondary N) is 1. The molecule has 17 heavy (non-hydrogen) atoms. The Kier molecular flexibility index (Phi) is 1.42. The zero-order chi connectivity index (χ0) is 11.4. The molecule has 0 saturated carbocycles. The van der Waals surface area contributed by atoms with Gasteiger partial charge in [-0.2, -0.15) is 5.10 Å². The van der Waals surface area contributed by atoms with Crippen LogP contribution >= 0.6 is 0 Å². The van der Waals surface area contributed by atoms with Crippen molar-refractivity contribution in [3.05, 3.63) is 47.7 Å². The lowest BCUT2D eigenvalue weighted by Crippen LogP contribution is -2.09. The van der Waals surface area contributed by atoms with Crippen LogP contribution in [0.2, 0.25) is 0 Å². The fraction of sp³-hybridized carbons (Fsp3) is 0. The molecule has 80 valence electrons. The van der Waals surface area contributed by atoms with Gasteiger partial charge in [0.15, 0.2) is 5.78 Å². The second-order valence-electron chi connectivity index (χ2n) is 4.03. The van der Waals surface area contributed by atoms with Crippen LogP contribution in [0, 0.1) is 0 Å². The van der Waals surface area contributed by atoms with Crippen LogP contribution in [0.5, 0.6) is 0 Å². The molecule has 0 radical (unpaired) electrons. The van der Waals surface area contributed by atoms with E-state index in [1.165, 1.54) is 0 Å². The third-order valence-corrected chi connectivity index (χ3v) is 3.11. The first-order chi connectivity index (χ1) is 8.36. The highest BCUT2D eigenvalue weighted by atomic mass is 16.1. The third-order valence-electron chi connectivity index (χ3n) is 3.11. The van der Waals surface area contributed by atoms with Gasteiger partial charge in [0, 0.05) is 17.1 Å². The SMILES string of the molecule is O=C1c2cccnc2-c2n[nH]c3cccc1c23. The molecule has 1 aliphatic carbocycles. The van der Waals surface area contributed by atoms with Crippen LogP contribution in [0.15, 0.2) is 36.5 Å². The lowest BCUT2D eigenvalue weighted by Gasteiger charge is -2.12. The molecule has 0 atom stereocenters. The van der Waals surface area contributed by atoms with E-state index in [9.17, 15) is 4.79 Å². The molecular formula is C13H7N3O. The summed E-state index contributed by atoms with van der Waals surface area (Å²) < 4.78 is 0. The van der Waals surface area contributed by atoms with Crippen LogP contribution in [0.1, 0.15) is 15.9 Å². The first-order valence-corrected chi connectivity index (χ1v) is 5.33. The van der Waals surface area contributed by atoms with Gasteiger partial charge in [-0.1, -0.05) is 12.1 Å². The number of aromatic amines is 1. The Morgan fingerprint density at radius 3 is 2.82 bits per heavy atom. The molecule has 3 aromatic rings. The molecule has 0 fully saturated rings. The molecule has 1 aromatic carbocycles. The van der Waals surface area contributed by atoms with Gasteiger partial charge in [0.2, 0.25) is 0 Å². The number of hydrogen-bond donors (Lipinski definition) is 1. The minimum Gasteiger partial charge on any atom is -0.289 e. The van der Waals surface area contributed by atoms with Gasteiger partial charge >= 0.3 is 0 Å². The van der Waals surface area contributed by atoms with E-state index in [1.807, 2.05) is 18.2 Å². The Morgan fingerprint density at radius 1 is 1.00 bits per heavy atom. The van der Waals surface area contributed by atoms with Crippen LogP contribution in [0.3, 0.4) is 0 Å². The lowest BCUT2D eigenvalue weighted by atomic mass is 9.91. The number of pyridine rings is 1. The standard InChI is InChI=1S/C13H7N3O/c17-13-7-3-1-5-9-10(7)12(16-15-9)11-8(13)4-2-6-14-11/h1-6H,(H,15,16). The molecule has 2 aromatic heterocycles. The molecule has 0 saturated heterocycles. The summed E-state index contributed by atoms with van der Waals surface area (Å²) >= 11 is 0. The zero-order valence-corrected chi connectivity index (χ0v) is 8.77. The van der Waals surface area contributed by atoms with E-state index in [4.69, 9.17) is 0 Å². The van der Waals surface area contributed by atoms with Gasteiger partial charge in [-0.05, 0) is 18.2 Å². The fourth-order valence-corrected chi connectivity index (χ4v) is 2.36. The molecule has 4 heteroatoms. The number of carbonyl (C=O) groups is 1. The van der Waals surface area contributed by atoms with Gasteiger partial charge in [0.1, 0.15) is 11.4 Å². The van der Waals surface area contributed by atoms with E-state index >= 15 is 0 Å². The first-order valence-electron chi connectivity index (χ1n) is 5.33. The minimum atomic E-state index is 0.0209. The van der Waals surface area contributed by atoms with Crippen molar-refractivity contribution in [3.63, 3.8) is 0 Å². The third kappa shape index (κ3) is 0.945. The molecule has 0 spiro atoms. The maximum atomic E-state index is 12.3. The number of fused-ring (bicyclic) bond motifs is 2. The Labute approximate surface area is 96.3 Å². The summed E-state index contributed by atoms with van der Waals surface area (Å²) in [6.07, 6.45) is 1.68. The summed E-state index contributed by atoms with van der Waals surface area (Å²) in [4.78, 5) is 16.6. The van der Waals surface area contributed by atoms with Gasteiger partial charge in [0.25, 0.3) is 0 Å². The summed E-state index contributed by atoms with van der Waals surface area (Å²) in [5, 5.41) is 8.08. The topological polar surface area (TPSA) is 58.6 Å². The summed E-state index contributed by atoms with van der Waals surface area (Å²) in [6.45, 7) is 0. The van der Waals surface area contributed by atoms with Crippen LogP contribution in [0.4, 0.5) is 0 Å². The Hall–Kier alpha value is -2.49. The van der Waals surface area contributed by atoms with Crippen molar-refractivity contribution >= 4 is 16.7 Å². The van der Waals surface area contributed by atoms with Crippen molar-refractivity contribution in [2.45, 2.75) is 0 Å². The zero-order valence-electron chi connectivity index (χ0n) is 8.77. The summed E-state index contributed by atoms with van der Waals surface area (Å²) in [5.74, 6) is 0.0209. The van der Waals surface area contributed by atoms with Crippen molar-refractivity contribution in [2.24, 2.45) is 0 Å². The second kappa shape index (κ2) is 2.79. The molecule has 0 unspecified atom stereocenters. The van der Waals surface area contributed by atoms with Gasteiger partial charge < -0.3 is 0 Å². The van der Waals surface area contributed by atoms with Crippen molar-refractivity contribution in [1.29, 1.82) is 0 Å². The number of carbonyl (C=O) groups excluding carboxylic acids is 1. The maximum Gasteiger partial charge on any atom is 0.196 e. The summed E-state index contributed by atoms with van der Waals surface area (Å²) in [5.41, 5.74) is 3.64. The Bertz CT molecular complexity index is 773. The first kappa shape index (κ1) is 8.64. The average Bonchev–Trinajstić information content (AvgIpc) is 2.81. The Morgan fingerprint density at radius 2 is 1.88 bits per heavy atom. The predicted molar refractivity (Wildman–Crippen MR) is 62.8 cm³/mol. The number of H-pyrrole nitrogens is 1. The van der Waals surface area contributed by atoms with Gasteiger partial charge in [-0.25, -0.2) is 0 Å². The quantitative estimate of drug-likeness (QED) is 0.495. The number of nitrogens with zero attached hydrogens (tertiary/aromatic N) is 2. The number of hydrogen-bond acceptors (Lipinski definition) is 3. The highest BCUT2D eigenvalue weighted by molar-refractivity contribution is 6.24. The highest BCUT2D eigenvalue weighted by Gasteiger charge is 2.27. The normalized spacial score (nSPS) is 12.8. The molecule has 4 rings (SSSR count). The fourth-order valence-electron chi connectivity index (χ4n) is 2.36. The van der Waals surface area contributed by atoms with Crippen molar-refractivity contribution < 1.29 is 4.79 Å². The van der Waals surface area contributed by atoms with E-state index in [1.54, 1.807) is 18.3 Å². The monoisotopic (exact) mass is 221 g/mol. The minimum absolute atomic E-state index is 0.0209. The summed E-state index contributed by atoms with van der Waals surface area (Å²) in [6, 6.07) is 9.17. The number of rotatable bonds is 0. The Balaban J connectivity index is 2.27. The number of benzene rings is 1. The summed E-state index contributed by atoms with van der Waals surface area (Å²) in [7, 11) is 0. The molecule has 0 aliphatic heterocycles. The van der Waals surface area contributed by atoms with Crippen LogP contribution < -0.4 is 0 Å². The molecule has 1 N–H and O–H groups in total. The van der Waals surface area contributed by atoms with Crippen LogP contribution in [-0.2, 0) is 0 Å². The van der Waals surface area contributed by atoms with E-state index in [0.29, 0.717) is 16.8 Å². The predicted octanol–water partition coefficient (Wildman–Crippen LogP) is 2.17. The largest absolute Gasteiger partial charge is 0.289 e. The molecule has 0 amide bonds. The van der Waals surface area contributed by atoms with E-state index < -0.39 is 0 Å². The van der Waals surface area contributed by atoms with Crippen LogP contribution in [0.25, 0.3) is 22.3 Å². The molecule has 4 nitrogen and oxygen atoms in total.